The number of aliphatic imine (C=N–C) groups is 1. The third-order valence-electron chi connectivity index (χ3n) is 3.99. The van der Waals surface area contributed by atoms with Crippen LogP contribution in [0.1, 0.15) is 32.3 Å². The topological polar surface area (TPSA) is 83.1 Å². The standard InChI is InChI=1S/C21H28N6.C2H4O/c1-5-12-23-19(6-2)21-18(9-7-8-13-25-26-21)17-10-11-20(27(4)16-17)24-15-14-22-3;1-2-3/h5-6,9-12,14-16,22,25H,1,7-8,13H2,2-4H3;2H,1H3/b15-14+,18-9+,19-6-,23-12?,24-20?,26-21+;. The van der Waals surface area contributed by atoms with Crippen molar-refractivity contribution in [2.75, 3.05) is 13.6 Å². The van der Waals surface area contributed by atoms with Crippen LogP contribution in [0.25, 0.3) is 5.57 Å². The minimum atomic E-state index is 0.750. The van der Waals surface area contributed by atoms with Gasteiger partial charge in [0.2, 0.25) is 0 Å². The summed E-state index contributed by atoms with van der Waals surface area (Å²) in [4.78, 5) is 17.7. The van der Waals surface area contributed by atoms with Crippen LogP contribution in [0.4, 0.5) is 0 Å². The highest BCUT2D eigenvalue weighted by Gasteiger charge is 2.16. The monoisotopic (exact) mass is 408 g/mol. The third kappa shape index (κ3) is 7.87. The van der Waals surface area contributed by atoms with Gasteiger partial charge in [-0.3, -0.25) is 4.99 Å². The Morgan fingerprint density at radius 1 is 1.37 bits per heavy atom. The average molecular weight is 409 g/mol. The molecule has 7 heteroatoms. The molecule has 160 valence electrons. The SMILES string of the molecule is C=CC=NC(=C\C)/C1=N/NCCC\C=C\1c1ccc(=N/C=C/NC)n(C)c1.CC=O. The maximum atomic E-state index is 8.81. The summed E-state index contributed by atoms with van der Waals surface area (Å²) in [6.45, 7) is 7.96. The second kappa shape index (κ2) is 14.5. The molecular weight excluding hydrogens is 376 g/mol. The zero-order chi connectivity index (χ0) is 22.2. The molecule has 0 aromatic carbocycles. The van der Waals surface area contributed by atoms with Crippen molar-refractivity contribution in [3.05, 3.63) is 72.3 Å². The van der Waals surface area contributed by atoms with Gasteiger partial charge in [-0.05, 0) is 38.8 Å². The molecule has 0 saturated carbocycles. The van der Waals surface area contributed by atoms with E-state index in [-0.39, 0.29) is 0 Å². The van der Waals surface area contributed by atoms with E-state index in [1.165, 1.54) is 6.92 Å². The second-order valence-corrected chi connectivity index (χ2v) is 6.17. The molecule has 1 aromatic rings. The number of nitrogens with zero attached hydrogens (tertiary/aromatic N) is 4. The maximum absolute atomic E-state index is 8.81. The van der Waals surface area contributed by atoms with Crippen molar-refractivity contribution < 1.29 is 4.79 Å². The van der Waals surface area contributed by atoms with E-state index < -0.39 is 0 Å². The van der Waals surface area contributed by atoms with Crippen LogP contribution in [-0.4, -0.2) is 36.4 Å². The van der Waals surface area contributed by atoms with Crippen molar-refractivity contribution in [1.82, 2.24) is 15.3 Å². The second-order valence-electron chi connectivity index (χ2n) is 6.17. The van der Waals surface area contributed by atoms with Gasteiger partial charge >= 0.3 is 0 Å². The van der Waals surface area contributed by atoms with Crippen molar-refractivity contribution >= 4 is 23.8 Å². The molecule has 0 amide bonds. The molecule has 0 aliphatic carbocycles. The third-order valence-corrected chi connectivity index (χ3v) is 3.99. The molecule has 2 heterocycles. The number of allylic oxidation sites excluding steroid dienone is 4. The number of hydrogen-bond acceptors (Lipinski definition) is 6. The summed E-state index contributed by atoms with van der Waals surface area (Å²) in [7, 11) is 3.83. The highest BCUT2D eigenvalue weighted by Crippen LogP contribution is 2.22. The van der Waals surface area contributed by atoms with Gasteiger partial charge in [-0.1, -0.05) is 24.8 Å². The van der Waals surface area contributed by atoms with E-state index in [1.54, 1.807) is 24.7 Å². The predicted molar refractivity (Wildman–Crippen MR) is 126 cm³/mol. The lowest BCUT2D eigenvalue weighted by Crippen LogP contribution is -2.20. The van der Waals surface area contributed by atoms with Crippen molar-refractivity contribution in [3.63, 3.8) is 0 Å². The number of aldehydes is 1. The van der Waals surface area contributed by atoms with Gasteiger partial charge in [-0.25, -0.2) is 4.99 Å². The quantitative estimate of drug-likeness (QED) is 0.560. The van der Waals surface area contributed by atoms with Crippen LogP contribution < -0.4 is 16.2 Å². The largest absolute Gasteiger partial charge is 0.393 e. The number of pyridine rings is 1. The molecule has 0 atom stereocenters. The number of aryl methyl sites for hydroxylation is 1. The van der Waals surface area contributed by atoms with Crippen LogP contribution in [-0.2, 0) is 11.8 Å². The van der Waals surface area contributed by atoms with Crippen LogP contribution in [0.15, 0.2) is 76.3 Å². The van der Waals surface area contributed by atoms with Crippen LogP contribution >= 0.6 is 0 Å². The van der Waals surface area contributed by atoms with Crippen LogP contribution in [0.3, 0.4) is 0 Å². The number of rotatable bonds is 6. The summed E-state index contributed by atoms with van der Waals surface area (Å²) < 4.78 is 2.00. The Kier molecular flexibility index (Phi) is 11.9. The minimum absolute atomic E-state index is 0.750. The molecule has 1 aliphatic rings. The van der Waals surface area contributed by atoms with Crippen LogP contribution in [0.2, 0.25) is 0 Å². The number of carbonyl (C=O) groups is 1. The number of nitrogens with one attached hydrogen (secondary N) is 2. The summed E-state index contributed by atoms with van der Waals surface area (Å²) in [5, 5.41) is 7.54. The van der Waals surface area contributed by atoms with Gasteiger partial charge in [0.25, 0.3) is 0 Å². The first-order chi connectivity index (χ1) is 14.6. The van der Waals surface area contributed by atoms with E-state index in [0.717, 1.165) is 53.7 Å². The van der Waals surface area contributed by atoms with E-state index in [4.69, 9.17) is 4.79 Å². The summed E-state index contributed by atoms with van der Waals surface area (Å²) in [6.07, 6.45) is 15.9. The summed E-state index contributed by atoms with van der Waals surface area (Å²) in [5.41, 5.74) is 7.79. The van der Waals surface area contributed by atoms with Gasteiger partial charge in [0.15, 0.2) is 0 Å². The minimum Gasteiger partial charge on any atom is -0.393 e. The van der Waals surface area contributed by atoms with E-state index in [1.807, 2.05) is 37.7 Å². The fourth-order valence-electron chi connectivity index (χ4n) is 2.66. The van der Waals surface area contributed by atoms with Gasteiger partial charge in [0.05, 0.1) is 5.70 Å². The average Bonchev–Trinajstić information content (AvgIpc) is 2.72. The lowest BCUT2D eigenvalue weighted by Gasteiger charge is -2.16. The molecule has 7 nitrogen and oxygen atoms in total. The zero-order valence-electron chi connectivity index (χ0n) is 18.3. The molecule has 2 rings (SSSR count). The van der Waals surface area contributed by atoms with E-state index in [0.29, 0.717) is 0 Å². The van der Waals surface area contributed by atoms with Crippen LogP contribution in [0.5, 0.6) is 0 Å². The van der Waals surface area contributed by atoms with Crippen molar-refractivity contribution in [1.29, 1.82) is 0 Å². The molecule has 0 unspecified atom stereocenters. The van der Waals surface area contributed by atoms with E-state index in [9.17, 15) is 0 Å². The molecule has 0 fully saturated rings. The zero-order valence-corrected chi connectivity index (χ0v) is 18.3. The van der Waals surface area contributed by atoms with Gasteiger partial charge in [-0.15, -0.1) is 0 Å². The first-order valence-electron chi connectivity index (χ1n) is 9.88. The fourth-order valence-corrected chi connectivity index (χ4v) is 2.66. The highest BCUT2D eigenvalue weighted by molar-refractivity contribution is 6.31. The molecule has 0 bridgehead atoms. The Bertz CT molecular complexity index is 916. The Hall–Kier alpha value is -3.48. The van der Waals surface area contributed by atoms with Gasteiger partial charge in [-0.2, -0.15) is 5.10 Å². The molecule has 1 aliphatic heterocycles. The fraction of sp³-hybridized carbons (Fsp3) is 0.304. The number of carbonyl (C=O) groups excluding carboxylic acids is 1. The van der Waals surface area contributed by atoms with Gasteiger partial charge in [0, 0.05) is 56.6 Å². The Morgan fingerprint density at radius 3 is 2.77 bits per heavy atom. The summed E-state index contributed by atoms with van der Waals surface area (Å²) in [5.74, 6) is 0. The lowest BCUT2D eigenvalue weighted by atomic mass is 9.98. The van der Waals surface area contributed by atoms with Crippen molar-refractivity contribution in [2.24, 2.45) is 22.1 Å². The molecule has 0 radical (unpaired) electrons. The van der Waals surface area contributed by atoms with Crippen molar-refractivity contribution in [3.8, 4) is 0 Å². The predicted octanol–water partition coefficient (Wildman–Crippen LogP) is 3.11. The molecule has 1 aromatic heterocycles. The Morgan fingerprint density at radius 2 is 2.13 bits per heavy atom. The Balaban J connectivity index is 0.00000141. The number of aromatic nitrogens is 1. The molecule has 2 N–H and O–H groups in total. The highest BCUT2D eigenvalue weighted by atomic mass is 16.1. The molecule has 0 saturated heterocycles. The smallest absolute Gasteiger partial charge is 0.132 e. The summed E-state index contributed by atoms with van der Waals surface area (Å²) in [6, 6.07) is 4.07. The lowest BCUT2D eigenvalue weighted by molar-refractivity contribution is -0.106. The van der Waals surface area contributed by atoms with E-state index >= 15 is 0 Å². The first kappa shape index (κ1) is 24.6. The van der Waals surface area contributed by atoms with Gasteiger partial charge in [0.1, 0.15) is 17.5 Å². The summed E-state index contributed by atoms with van der Waals surface area (Å²) >= 11 is 0. The van der Waals surface area contributed by atoms with Crippen molar-refractivity contribution in [2.45, 2.75) is 26.7 Å². The Labute approximate surface area is 179 Å². The van der Waals surface area contributed by atoms with Crippen LogP contribution in [0, 0.1) is 0 Å². The number of hydrogen-bond donors (Lipinski definition) is 2. The number of hydrazone groups is 1. The maximum Gasteiger partial charge on any atom is 0.132 e. The first-order valence-corrected chi connectivity index (χ1v) is 9.88. The van der Waals surface area contributed by atoms with Gasteiger partial charge < -0.3 is 20.1 Å². The van der Waals surface area contributed by atoms with E-state index in [2.05, 4.69) is 50.7 Å². The molecular formula is C23H32N6O. The molecule has 30 heavy (non-hydrogen) atoms. The normalized spacial score (nSPS) is 18.8. The molecule has 0 spiro atoms.